The van der Waals surface area contributed by atoms with E-state index in [1.165, 1.54) is 0 Å². The number of nitrogens with zero attached hydrogens (tertiary/aromatic N) is 1. The van der Waals surface area contributed by atoms with Crippen molar-refractivity contribution < 1.29 is 23.9 Å². The number of rotatable bonds is 8. The predicted molar refractivity (Wildman–Crippen MR) is 96.2 cm³/mol. The van der Waals surface area contributed by atoms with Crippen molar-refractivity contribution in [3.8, 4) is 0 Å². The molecule has 0 bridgehead atoms. The first-order chi connectivity index (χ1) is 13.0. The van der Waals surface area contributed by atoms with Crippen molar-refractivity contribution in [2.75, 3.05) is 26.8 Å². The standard InChI is InChI=1S/C19H23N3O5/c1-20-9-11-27-10-3-5-12-4-2-6-13-16(12)19(26)22(18(13)25)14-7-8-15(23)21-17(14)24/h2,4,6,14,20H,3,5,7-11H2,1H3,(H,21,23,24). The van der Waals surface area contributed by atoms with E-state index in [2.05, 4.69) is 10.6 Å². The quantitative estimate of drug-likeness (QED) is 0.500. The number of piperidine rings is 1. The van der Waals surface area contributed by atoms with Crippen LogP contribution in [0.15, 0.2) is 18.2 Å². The van der Waals surface area contributed by atoms with Gasteiger partial charge in [0.25, 0.3) is 11.8 Å². The van der Waals surface area contributed by atoms with Crippen molar-refractivity contribution >= 4 is 23.6 Å². The summed E-state index contributed by atoms with van der Waals surface area (Å²) in [6.07, 6.45) is 1.59. The third-order valence-electron chi connectivity index (χ3n) is 4.79. The van der Waals surface area contributed by atoms with Crippen molar-refractivity contribution in [2.24, 2.45) is 0 Å². The molecule has 8 nitrogen and oxygen atoms in total. The maximum Gasteiger partial charge on any atom is 0.262 e. The molecule has 2 aliphatic heterocycles. The van der Waals surface area contributed by atoms with Crippen LogP contribution in [0.5, 0.6) is 0 Å². The van der Waals surface area contributed by atoms with Crippen LogP contribution in [0.1, 0.15) is 45.5 Å². The molecular formula is C19H23N3O5. The fourth-order valence-corrected chi connectivity index (χ4v) is 3.43. The van der Waals surface area contributed by atoms with Gasteiger partial charge < -0.3 is 10.1 Å². The summed E-state index contributed by atoms with van der Waals surface area (Å²) in [6.45, 7) is 1.95. The Labute approximate surface area is 157 Å². The van der Waals surface area contributed by atoms with Gasteiger partial charge in [0.2, 0.25) is 11.8 Å². The van der Waals surface area contributed by atoms with Crippen LogP contribution in [0.4, 0.5) is 0 Å². The molecule has 144 valence electrons. The zero-order chi connectivity index (χ0) is 19.4. The maximum absolute atomic E-state index is 12.9. The van der Waals surface area contributed by atoms with Crippen LogP contribution in [-0.4, -0.2) is 61.4 Å². The number of fused-ring (bicyclic) bond motifs is 1. The van der Waals surface area contributed by atoms with E-state index in [9.17, 15) is 19.2 Å². The molecule has 1 saturated heterocycles. The van der Waals surface area contributed by atoms with Crippen LogP contribution in [0.2, 0.25) is 0 Å². The Kier molecular flexibility index (Phi) is 5.98. The highest BCUT2D eigenvalue weighted by molar-refractivity contribution is 6.24. The number of carbonyl (C=O) groups is 4. The number of ether oxygens (including phenoxy) is 1. The lowest BCUT2D eigenvalue weighted by Gasteiger charge is -2.27. The number of hydrogen-bond donors (Lipinski definition) is 2. The number of amides is 4. The van der Waals surface area contributed by atoms with Gasteiger partial charge in [-0.25, -0.2) is 0 Å². The predicted octanol–water partition coefficient (Wildman–Crippen LogP) is 0.256. The molecule has 0 aliphatic carbocycles. The molecule has 3 rings (SSSR count). The number of aryl methyl sites for hydroxylation is 1. The smallest absolute Gasteiger partial charge is 0.262 e. The number of imide groups is 2. The van der Waals surface area contributed by atoms with Gasteiger partial charge in [0, 0.05) is 19.6 Å². The van der Waals surface area contributed by atoms with Gasteiger partial charge in [0.1, 0.15) is 6.04 Å². The van der Waals surface area contributed by atoms with Gasteiger partial charge >= 0.3 is 0 Å². The third kappa shape index (κ3) is 3.91. The molecule has 4 amide bonds. The first-order valence-electron chi connectivity index (χ1n) is 9.10. The van der Waals surface area contributed by atoms with Crippen molar-refractivity contribution in [2.45, 2.75) is 31.7 Å². The van der Waals surface area contributed by atoms with E-state index in [1.54, 1.807) is 12.1 Å². The van der Waals surface area contributed by atoms with E-state index >= 15 is 0 Å². The minimum atomic E-state index is -0.937. The second-order valence-electron chi connectivity index (χ2n) is 6.61. The molecule has 0 radical (unpaired) electrons. The highest BCUT2D eigenvalue weighted by Gasteiger charge is 2.45. The Morgan fingerprint density at radius 1 is 1.19 bits per heavy atom. The molecule has 0 saturated carbocycles. The number of carbonyl (C=O) groups excluding carboxylic acids is 4. The van der Waals surface area contributed by atoms with Gasteiger partial charge in [0.05, 0.1) is 17.7 Å². The van der Waals surface area contributed by atoms with Crippen LogP contribution >= 0.6 is 0 Å². The van der Waals surface area contributed by atoms with E-state index < -0.39 is 23.8 Å². The fourth-order valence-electron chi connectivity index (χ4n) is 3.43. The second-order valence-corrected chi connectivity index (χ2v) is 6.61. The van der Waals surface area contributed by atoms with Crippen molar-refractivity contribution in [1.29, 1.82) is 0 Å². The molecule has 0 aromatic heterocycles. The summed E-state index contributed by atoms with van der Waals surface area (Å²) in [5, 5.41) is 5.20. The number of benzene rings is 1. The van der Waals surface area contributed by atoms with E-state index in [-0.39, 0.29) is 18.7 Å². The van der Waals surface area contributed by atoms with E-state index in [0.29, 0.717) is 30.8 Å². The summed E-state index contributed by atoms with van der Waals surface area (Å²) >= 11 is 0. The van der Waals surface area contributed by atoms with Crippen LogP contribution < -0.4 is 10.6 Å². The molecular weight excluding hydrogens is 350 g/mol. The van der Waals surface area contributed by atoms with Crippen LogP contribution in [0, 0.1) is 0 Å². The Hall–Kier alpha value is -2.58. The summed E-state index contributed by atoms with van der Waals surface area (Å²) in [5.74, 6) is -1.92. The van der Waals surface area contributed by atoms with Crippen LogP contribution in [-0.2, 0) is 20.7 Å². The summed E-state index contributed by atoms with van der Waals surface area (Å²) in [4.78, 5) is 50.1. The molecule has 27 heavy (non-hydrogen) atoms. The van der Waals surface area contributed by atoms with Gasteiger partial charge in [0.15, 0.2) is 0 Å². The monoisotopic (exact) mass is 373 g/mol. The van der Waals surface area contributed by atoms with Crippen LogP contribution in [0.3, 0.4) is 0 Å². The third-order valence-corrected chi connectivity index (χ3v) is 4.79. The average molecular weight is 373 g/mol. The Bertz CT molecular complexity index is 777. The molecule has 1 atom stereocenters. The van der Waals surface area contributed by atoms with Gasteiger partial charge in [-0.1, -0.05) is 12.1 Å². The van der Waals surface area contributed by atoms with Crippen LogP contribution in [0.25, 0.3) is 0 Å². The molecule has 1 fully saturated rings. The summed E-state index contributed by atoms with van der Waals surface area (Å²) in [5.41, 5.74) is 1.46. The SMILES string of the molecule is CNCCOCCCc1cccc2c1C(=O)N(C1CCC(=O)NC1=O)C2=O. The van der Waals surface area contributed by atoms with Gasteiger partial charge in [-0.05, 0) is 37.9 Å². The van der Waals surface area contributed by atoms with E-state index in [0.717, 1.165) is 23.4 Å². The molecule has 1 unspecified atom stereocenters. The minimum Gasteiger partial charge on any atom is -0.380 e. The Balaban J connectivity index is 1.72. The first kappa shape index (κ1) is 19.2. The molecule has 2 N–H and O–H groups in total. The lowest BCUT2D eigenvalue weighted by molar-refractivity contribution is -0.136. The maximum atomic E-state index is 12.9. The molecule has 1 aromatic carbocycles. The lowest BCUT2D eigenvalue weighted by Crippen LogP contribution is -2.54. The fraction of sp³-hybridized carbons (Fsp3) is 0.474. The lowest BCUT2D eigenvalue weighted by atomic mass is 9.99. The molecule has 2 aliphatic rings. The largest absolute Gasteiger partial charge is 0.380 e. The van der Waals surface area contributed by atoms with Crippen molar-refractivity contribution in [3.63, 3.8) is 0 Å². The Morgan fingerprint density at radius 2 is 2.00 bits per heavy atom. The highest BCUT2D eigenvalue weighted by Crippen LogP contribution is 2.30. The average Bonchev–Trinajstić information content (AvgIpc) is 2.90. The zero-order valence-corrected chi connectivity index (χ0v) is 15.2. The molecule has 8 heteroatoms. The van der Waals surface area contributed by atoms with E-state index in [1.807, 2.05) is 13.1 Å². The minimum absolute atomic E-state index is 0.112. The molecule has 1 aromatic rings. The normalized spacial score (nSPS) is 19.4. The second kappa shape index (κ2) is 8.41. The topological polar surface area (TPSA) is 105 Å². The van der Waals surface area contributed by atoms with Gasteiger partial charge in [-0.3, -0.25) is 29.4 Å². The summed E-state index contributed by atoms with van der Waals surface area (Å²) < 4.78 is 5.49. The van der Waals surface area contributed by atoms with E-state index in [4.69, 9.17) is 4.74 Å². The van der Waals surface area contributed by atoms with Crippen molar-refractivity contribution in [1.82, 2.24) is 15.5 Å². The van der Waals surface area contributed by atoms with Crippen molar-refractivity contribution in [3.05, 3.63) is 34.9 Å². The number of hydrogen-bond acceptors (Lipinski definition) is 6. The summed E-state index contributed by atoms with van der Waals surface area (Å²) in [6, 6.07) is 4.24. The van der Waals surface area contributed by atoms with Gasteiger partial charge in [-0.2, -0.15) is 0 Å². The van der Waals surface area contributed by atoms with Gasteiger partial charge in [-0.15, -0.1) is 0 Å². The summed E-state index contributed by atoms with van der Waals surface area (Å²) in [7, 11) is 1.85. The Morgan fingerprint density at radius 3 is 2.74 bits per heavy atom. The first-order valence-corrected chi connectivity index (χ1v) is 9.10. The molecule has 0 spiro atoms. The number of nitrogens with one attached hydrogen (secondary N) is 2. The molecule has 2 heterocycles. The zero-order valence-electron chi connectivity index (χ0n) is 15.2. The number of likely N-dealkylation sites (N-methyl/N-ethyl adjacent to an activating group) is 1. The highest BCUT2D eigenvalue weighted by atomic mass is 16.5.